The van der Waals surface area contributed by atoms with Gasteiger partial charge in [-0.15, -0.1) is 23.2 Å². The molecular weight excluding hydrogens is 175 g/mol. The van der Waals surface area contributed by atoms with Gasteiger partial charge in [-0.05, 0) is 6.42 Å². The summed E-state index contributed by atoms with van der Waals surface area (Å²) in [6.45, 7) is 0. The molecule has 1 N–H and O–H groups in total. The average Bonchev–Trinajstić information content (AvgIpc) is 2.63. The molecule has 4 heteroatoms. The van der Waals surface area contributed by atoms with Crippen molar-refractivity contribution in [2.45, 2.75) is 6.42 Å². The van der Waals surface area contributed by atoms with Crippen LogP contribution in [0.5, 0.6) is 0 Å². The predicted octanol–water partition coefficient (Wildman–Crippen LogP) is 1.55. The third-order valence-corrected chi connectivity index (χ3v) is 3.08. The number of hydrogen-bond donors (Lipinski definition) is 1. The quantitative estimate of drug-likeness (QED) is 0.674. The molecule has 1 rings (SSSR count). The molecule has 1 atom stereocenters. The lowest BCUT2D eigenvalue weighted by Gasteiger charge is -2.05. The van der Waals surface area contributed by atoms with E-state index in [1.165, 1.54) is 0 Å². The molecule has 0 amide bonds. The third kappa shape index (κ3) is 1.10. The zero-order valence-corrected chi connectivity index (χ0v) is 6.82. The fraction of sp³-hybridized carbons (Fsp3) is 0.833. The van der Waals surface area contributed by atoms with Crippen molar-refractivity contribution < 1.29 is 9.90 Å². The van der Waals surface area contributed by atoms with E-state index < -0.39 is 5.97 Å². The number of halogens is 2. The molecule has 10 heavy (non-hydrogen) atoms. The second-order valence-corrected chi connectivity index (χ2v) is 3.26. The van der Waals surface area contributed by atoms with Crippen molar-refractivity contribution in [3.05, 3.63) is 0 Å². The molecular formula is C6H8Cl2O2. The second kappa shape index (κ2) is 2.59. The van der Waals surface area contributed by atoms with Crippen LogP contribution in [0.3, 0.4) is 0 Å². The fourth-order valence-corrected chi connectivity index (χ4v) is 1.90. The molecule has 58 valence electrons. The van der Waals surface area contributed by atoms with E-state index in [9.17, 15) is 4.79 Å². The summed E-state index contributed by atoms with van der Waals surface area (Å²) >= 11 is 11.1. The molecule has 0 aromatic heterocycles. The lowest BCUT2D eigenvalue weighted by atomic mass is 10.1. The molecule has 0 saturated heterocycles. The standard InChI is InChI=1S/C6H8Cl2O2/c7-2-6(3-8)1-4(6)5(9)10/h4H,1-3H2,(H,9,10). The number of rotatable bonds is 3. The first-order valence-corrected chi connectivity index (χ1v) is 4.08. The van der Waals surface area contributed by atoms with Crippen molar-refractivity contribution in [2.24, 2.45) is 11.3 Å². The Kier molecular flexibility index (Phi) is 2.11. The van der Waals surface area contributed by atoms with E-state index in [4.69, 9.17) is 28.3 Å². The van der Waals surface area contributed by atoms with Gasteiger partial charge in [0.2, 0.25) is 0 Å². The number of carboxylic acids is 1. The third-order valence-electron chi connectivity index (χ3n) is 2.02. The highest BCUT2D eigenvalue weighted by Gasteiger charge is 2.57. The number of hydrogen-bond acceptors (Lipinski definition) is 1. The highest BCUT2D eigenvalue weighted by Crippen LogP contribution is 2.54. The van der Waals surface area contributed by atoms with Crippen LogP contribution in [0, 0.1) is 11.3 Å². The van der Waals surface area contributed by atoms with E-state index in [0.717, 1.165) is 0 Å². The maximum Gasteiger partial charge on any atom is 0.307 e. The Balaban J connectivity index is 2.53. The van der Waals surface area contributed by atoms with Crippen molar-refractivity contribution in [3.63, 3.8) is 0 Å². The molecule has 0 aromatic carbocycles. The highest BCUT2D eigenvalue weighted by molar-refractivity contribution is 6.22. The van der Waals surface area contributed by atoms with Gasteiger partial charge in [0.1, 0.15) is 0 Å². The Morgan fingerprint density at radius 1 is 1.60 bits per heavy atom. The highest BCUT2D eigenvalue weighted by atomic mass is 35.5. The van der Waals surface area contributed by atoms with Gasteiger partial charge >= 0.3 is 5.97 Å². The van der Waals surface area contributed by atoms with E-state index in [0.29, 0.717) is 18.2 Å². The van der Waals surface area contributed by atoms with Crippen LogP contribution < -0.4 is 0 Å². The monoisotopic (exact) mass is 182 g/mol. The number of aliphatic carboxylic acids is 1. The Morgan fingerprint density at radius 2 is 2.10 bits per heavy atom. The normalized spacial score (nSPS) is 28.0. The summed E-state index contributed by atoms with van der Waals surface area (Å²) in [6, 6.07) is 0. The molecule has 2 nitrogen and oxygen atoms in total. The van der Waals surface area contributed by atoms with E-state index in [-0.39, 0.29) is 11.3 Å². The van der Waals surface area contributed by atoms with Gasteiger partial charge in [0.25, 0.3) is 0 Å². The number of carbonyl (C=O) groups is 1. The summed E-state index contributed by atoms with van der Waals surface area (Å²) in [7, 11) is 0. The molecule has 0 aromatic rings. The van der Waals surface area contributed by atoms with Crippen LogP contribution in [0.1, 0.15) is 6.42 Å². The number of carboxylic acid groups (broad SMARTS) is 1. The molecule has 1 aliphatic rings. The van der Waals surface area contributed by atoms with Gasteiger partial charge in [0.15, 0.2) is 0 Å². The Labute approximate surface area is 69.1 Å². The summed E-state index contributed by atoms with van der Waals surface area (Å²) in [5, 5.41) is 8.53. The maximum atomic E-state index is 10.4. The lowest BCUT2D eigenvalue weighted by Crippen LogP contribution is -2.13. The van der Waals surface area contributed by atoms with Gasteiger partial charge in [-0.1, -0.05) is 0 Å². The Hall–Kier alpha value is 0.0500. The summed E-state index contributed by atoms with van der Waals surface area (Å²) in [5.41, 5.74) is -0.297. The van der Waals surface area contributed by atoms with Crippen LogP contribution in [0.15, 0.2) is 0 Å². The van der Waals surface area contributed by atoms with Crippen molar-refractivity contribution in [1.29, 1.82) is 0 Å². The van der Waals surface area contributed by atoms with E-state index in [2.05, 4.69) is 0 Å². The summed E-state index contributed by atoms with van der Waals surface area (Å²) in [5.74, 6) is -0.371. The largest absolute Gasteiger partial charge is 0.481 e. The van der Waals surface area contributed by atoms with Gasteiger partial charge in [-0.25, -0.2) is 0 Å². The van der Waals surface area contributed by atoms with Crippen LogP contribution in [0.25, 0.3) is 0 Å². The minimum absolute atomic E-state index is 0.297. The Morgan fingerprint density at radius 3 is 2.20 bits per heavy atom. The van der Waals surface area contributed by atoms with Gasteiger partial charge in [-0.2, -0.15) is 0 Å². The zero-order chi connectivity index (χ0) is 7.78. The van der Waals surface area contributed by atoms with Crippen LogP contribution in [-0.4, -0.2) is 22.8 Å². The SMILES string of the molecule is O=C(O)C1CC1(CCl)CCl. The van der Waals surface area contributed by atoms with Gasteiger partial charge in [0, 0.05) is 17.2 Å². The van der Waals surface area contributed by atoms with Crippen LogP contribution in [-0.2, 0) is 4.79 Å². The van der Waals surface area contributed by atoms with E-state index in [1.807, 2.05) is 0 Å². The first kappa shape index (κ1) is 8.15. The molecule has 1 fully saturated rings. The summed E-state index contributed by atoms with van der Waals surface area (Å²) in [4.78, 5) is 10.4. The molecule has 0 bridgehead atoms. The smallest absolute Gasteiger partial charge is 0.307 e. The van der Waals surface area contributed by atoms with E-state index in [1.54, 1.807) is 0 Å². The molecule has 1 aliphatic carbocycles. The molecule has 1 unspecified atom stereocenters. The maximum absolute atomic E-state index is 10.4. The second-order valence-electron chi connectivity index (χ2n) is 2.72. The molecule has 1 saturated carbocycles. The van der Waals surface area contributed by atoms with Crippen molar-refractivity contribution in [1.82, 2.24) is 0 Å². The van der Waals surface area contributed by atoms with Gasteiger partial charge < -0.3 is 5.11 Å². The van der Waals surface area contributed by atoms with Crippen molar-refractivity contribution in [2.75, 3.05) is 11.8 Å². The molecule has 0 spiro atoms. The van der Waals surface area contributed by atoms with Gasteiger partial charge in [0.05, 0.1) is 5.92 Å². The fourth-order valence-electron chi connectivity index (χ4n) is 1.03. The van der Waals surface area contributed by atoms with E-state index >= 15 is 0 Å². The van der Waals surface area contributed by atoms with Crippen LogP contribution in [0.4, 0.5) is 0 Å². The molecule has 0 heterocycles. The molecule has 0 aliphatic heterocycles. The van der Waals surface area contributed by atoms with Crippen molar-refractivity contribution >= 4 is 29.2 Å². The average molecular weight is 183 g/mol. The predicted molar refractivity (Wildman–Crippen MR) is 39.6 cm³/mol. The van der Waals surface area contributed by atoms with Crippen LogP contribution >= 0.6 is 23.2 Å². The minimum Gasteiger partial charge on any atom is -0.481 e. The topological polar surface area (TPSA) is 37.3 Å². The number of alkyl halides is 2. The summed E-state index contributed by atoms with van der Waals surface area (Å²) < 4.78 is 0. The Bertz CT molecular complexity index is 154. The summed E-state index contributed by atoms with van der Waals surface area (Å²) in [6.07, 6.45) is 0.634. The van der Waals surface area contributed by atoms with Gasteiger partial charge in [-0.3, -0.25) is 4.79 Å². The minimum atomic E-state index is -0.777. The van der Waals surface area contributed by atoms with Crippen molar-refractivity contribution in [3.8, 4) is 0 Å². The zero-order valence-electron chi connectivity index (χ0n) is 5.31. The first-order valence-electron chi connectivity index (χ1n) is 3.01. The lowest BCUT2D eigenvalue weighted by molar-refractivity contribution is -0.139. The van der Waals surface area contributed by atoms with Crippen LogP contribution in [0.2, 0.25) is 0 Å². The first-order chi connectivity index (χ1) is 4.66. The molecule has 0 radical (unpaired) electrons.